The molecule has 1 heterocycles. The molecule has 0 aromatic carbocycles. The van der Waals surface area contributed by atoms with Gasteiger partial charge < -0.3 is 9.84 Å². The Labute approximate surface area is 68.6 Å². The minimum Gasteiger partial charge on any atom is -0.390 e. The molecule has 0 aromatic rings. The standard InChI is InChI=1S/C9H18O2/c1-2-4-9(10)5-3-7-11-8-6-9/h10H,2-8H2,1H3. The monoisotopic (exact) mass is 158 g/mol. The summed E-state index contributed by atoms with van der Waals surface area (Å²) in [5.41, 5.74) is -0.411. The van der Waals surface area contributed by atoms with Crippen molar-refractivity contribution in [3.05, 3.63) is 0 Å². The minimum absolute atomic E-state index is 0.411. The van der Waals surface area contributed by atoms with Gasteiger partial charge in [-0.05, 0) is 25.7 Å². The van der Waals surface area contributed by atoms with Crippen molar-refractivity contribution in [1.29, 1.82) is 0 Å². The molecule has 11 heavy (non-hydrogen) atoms. The summed E-state index contributed by atoms with van der Waals surface area (Å²) in [7, 11) is 0. The van der Waals surface area contributed by atoms with Crippen LogP contribution in [-0.2, 0) is 4.74 Å². The van der Waals surface area contributed by atoms with E-state index in [-0.39, 0.29) is 0 Å². The number of hydrogen-bond acceptors (Lipinski definition) is 2. The lowest BCUT2D eigenvalue weighted by molar-refractivity contribution is 0.0101. The fourth-order valence-electron chi connectivity index (χ4n) is 1.71. The van der Waals surface area contributed by atoms with E-state index in [0.717, 1.165) is 45.3 Å². The molecule has 1 fully saturated rings. The first kappa shape index (κ1) is 9.01. The summed E-state index contributed by atoms with van der Waals surface area (Å²) in [5.74, 6) is 0. The van der Waals surface area contributed by atoms with Crippen LogP contribution < -0.4 is 0 Å². The molecule has 1 saturated heterocycles. The minimum atomic E-state index is -0.411. The summed E-state index contributed by atoms with van der Waals surface area (Å²) in [4.78, 5) is 0. The van der Waals surface area contributed by atoms with E-state index >= 15 is 0 Å². The van der Waals surface area contributed by atoms with Gasteiger partial charge in [0, 0.05) is 13.2 Å². The highest BCUT2D eigenvalue weighted by atomic mass is 16.5. The van der Waals surface area contributed by atoms with Crippen LogP contribution in [0.15, 0.2) is 0 Å². The Bertz CT molecular complexity index is 104. The Hall–Kier alpha value is -0.0800. The van der Waals surface area contributed by atoms with E-state index in [1.54, 1.807) is 0 Å². The van der Waals surface area contributed by atoms with Gasteiger partial charge >= 0.3 is 0 Å². The molecule has 66 valence electrons. The van der Waals surface area contributed by atoms with Gasteiger partial charge in [-0.25, -0.2) is 0 Å². The second-order valence-electron chi connectivity index (χ2n) is 3.44. The van der Waals surface area contributed by atoms with Crippen molar-refractivity contribution < 1.29 is 9.84 Å². The van der Waals surface area contributed by atoms with E-state index in [0.29, 0.717) is 0 Å². The lowest BCUT2D eigenvalue weighted by Gasteiger charge is -2.24. The maximum absolute atomic E-state index is 9.97. The van der Waals surface area contributed by atoms with Crippen molar-refractivity contribution in [2.24, 2.45) is 0 Å². The number of hydrogen-bond donors (Lipinski definition) is 1. The van der Waals surface area contributed by atoms with Crippen molar-refractivity contribution in [2.75, 3.05) is 13.2 Å². The summed E-state index contributed by atoms with van der Waals surface area (Å²) in [5, 5.41) is 9.97. The average molecular weight is 158 g/mol. The SMILES string of the molecule is CCCC1(O)CCCOCC1. The van der Waals surface area contributed by atoms with Gasteiger partial charge in [0.2, 0.25) is 0 Å². The summed E-state index contributed by atoms with van der Waals surface area (Å²) >= 11 is 0. The van der Waals surface area contributed by atoms with Crippen LogP contribution in [0, 0.1) is 0 Å². The van der Waals surface area contributed by atoms with Gasteiger partial charge in [-0.3, -0.25) is 0 Å². The summed E-state index contributed by atoms with van der Waals surface area (Å²) in [6.07, 6.45) is 4.74. The van der Waals surface area contributed by atoms with Crippen molar-refractivity contribution in [1.82, 2.24) is 0 Å². The molecule has 2 nitrogen and oxygen atoms in total. The van der Waals surface area contributed by atoms with Crippen molar-refractivity contribution >= 4 is 0 Å². The van der Waals surface area contributed by atoms with Crippen LogP contribution in [0.25, 0.3) is 0 Å². The van der Waals surface area contributed by atoms with Crippen molar-refractivity contribution in [3.63, 3.8) is 0 Å². The highest BCUT2D eigenvalue weighted by Crippen LogP contribution is 2.25. The highest BCUT2D eigenvalue weighted by molar-refractivity contribution is 4.79. The second-order valence-corrected chi connectivity index (χ2v) is 3.44. The largest absolute Gasteiger partial charge is 0.390 e. The predicted octanol–water partition coefficient (Wildman–Crippen LogP) is 1.72. The molecular formula is C9H18O2. The van der Waals surface area contributed by atoms with Crippen molar-refractivity contribution in [3.8, 4) is 0 Å². The third-order valence-corrected chi connectivity index (χ3v) is 2.36. The smallest absolute Gasteiger partial charge is 0.0670 e. The molecule has 1 unspecified atom stereocenters. The van der Waals surface area contributed by atoms with Crippen LogP contribution in [0.5, 0.6) is 0 Å². The maximum atomic E-state index is 9.97. The first-order chi connectivity index (χ1) is 5.27. The predicted molar refractivity (Wildman–Crippen MR) is 44.5 cm³/mol. The Morgan fingerprint density at radius 2 is 2.18 bits per heavy atom. The summed E-state index contributed by atoms with van der Waals surface area (Å²) in [6.45, 7) is 3.67. The number of ether oxygens (including phenoxy) is 1. The Morgan fingerprint density at radius 1 is 1.36 bits per heavy atom. The van der Waals surface area contributed by atoms with Gasteiger partial charge in [0.05, 0.1) is 5.60 Å². The van der Waals surface area contributed by atoms with Gasteiger partial charge in [0.1, 0.15) is 0 Å². The third kappa shape index (κ3) is 2.80. The Morgan fingerprint density at radius 3 is 2.91 bits per heavy atom. The summed E-state index contributed by atoms with van der Waals surface area (Å²) in [6, 6.07) is 0. The fraction of sp³-hybridized carbons (Fsp3) is 1.00. The third-order valence-electron chi connectivity index (χ3n) is 2.36. The lowest BCUT2D eigenvalue weighted by Crippen LogP contribution is -2.28. The molecule has 1 aliphatic rings. The van der Waals surface area contributed by atoms with Crippen LogP contribution >= 0.6 is 0 Å². The zero-order valence-corrected chi connectivity index (χ0v) is 7.31. The normalized spacial score (nSPS) is 33.3. The summed E-state index contributed by atoms with van der Waals surface area (Å²) < 4.78 is 5.28. The maximum Gasteiger partial charge on any atom is 0.0670 e. The van der Waals surface area contributed by atoms with Crippen molar-refractivity contribution in [2.45, 2.75) is 44.6 Å². The van der Waals surface area contributed by atoms with E-state index in [1.165, 1.54) is 0 Å². The molecular weight excluding hydrogens is 140 g/mol. The number of rotatable bonds is 2. The number of aliphatic hydroxyl groups is 1. The van der Waals surface area contributed by atoms with Gasteiger partial charge in [-0.2, -0.15) is 0 Å². The van der Waals surface area contributed by atoms with Crippen LogP contribution in [0.2, 0.25) is 0 Å². The molecule has 0 saturated carbocycles. The van der Waals surface area contributed by atoms with Gasteiger partial charge in [0.15, 0.2) is 0 Å². The Kier molecular flexibility index (Phi) is 3.34. The molecule has 0 amide bonds. The van der Waals surface area contributed by atoms with E-state index in [4.69, 9.17) is 4.74 Å². The highest BCUT2D eigenvalue weighted by Gasteiger charge is 2.26. The fourth-order valence-corrected chi connectivity index (χ4v) is 1.71. The first-order valence-electron chi connectivity index (χ1n) is 4.57. The molecule has 0 radical (unpaired) electrons. The van der Waals surface area contributed by atoms with Crippen LogP contribution in [0.3, 0.4) is 0 Å². The molecule has 1 rings (SSSR count). The Balaban J connectivity index is 2.38. The zero-order chi connectivity index (χ0) is 8.16. The molecule has 1 N–H and O–H groups in total. The van der Waals surface area contributed by atoms with Gasteiger partial charge in [0.25, 0.3) is 0 Å². The van der Waals surface area contributed by atoms with Crippen LogP contribution in [-0.4, -0.2) is 23.9 Å². The molecule has 0 spiro atoms. The van der Waals surface area contributed by atoms with E-state index in [9.17, 15) is 5.11 Å². The van der Waals surface area contributed by atoms with Crippen LogP contribution in [0.1, 0.15) is 39.0 Å². The lowest BCUT2D eigenvalue weighted by atomic mass is 9.90. The van der Waals surface area contributed by atoms with E-state index < -0.39 is 5.60 Å². The van der Waals surface area contributed by atoms with Gasteiger partial charge in [-0.1, -0.05) is 13.3 Å². The quantitative estimate of drug-likeness (QED) is 0.663. The molecule has 2 heteroatoms. The first-order valence-corrected chi connectivity index (χ1v) is 4.57. The van der Waals surface area contributed by atoms with E-state index in [1.807, 2.05) is 0 Å². The second kappa shape index (κ2) is 4.07. The van der Waals surface area contributed by atoms with Crippen LogP contribution in [0.4, 0.5) is 0 Å². The molecule has 0 bridgehead atoms. The molecule has 1 atom stereocenters. The van der Waals surface area contributed by atoms with E-state index in [2.05, 4.69) is 6.92 Å². The molecule has 1 aliphatic heterocycles. The average Bonchev–Trinajstić information content (AvgIpc) is 2.15. The van der Waals surface area contributed by atoms with Gasteiger partial charge in [-0.15, -0.1) is 0 Å². The molecule has 0 aromatic heterocycles. The molecule has 0 aliphatic carbocycles. The topological polar surface area (TPSA) is 29.5 Å². The zero-order valence-electron chi connectivity index (χ0n) is 7.31.